The molecule has 0 bridgehead atoms. The summed E-state index contributed by atoms with van der Waals surface area (Å²) >= 11 is 0. The first-order chi connectivity index (χ1) is 9.72. The minimum atomic E-state index is -0.114. The molecule has 0 aliphatic heterocycles. The van der Waals surface area contributed by atoms with Gasteiger partial charge in [-0.05, 0) is 19.3 Å². The maximum Gasteiger partial charge on any atom is 0.308 e. The van der Waals surface area contributed by atoms with Gasteiger partial charge in [0.2, 0.25) is 0 Å². The summed E-state index contributed by atoms with van der Waals surface area (Å²) in [6.45, 7) is 7.80. The third-order valence-corrected chi connectivity index (χ3v) is 2.91. The Morgan fingerprint density at radius 2 is 1.40 bits per heavy atom. The Labute approximate surface area is 122 Å². The van der Waals surface area contributed by atoms with Crippen LogP contribution in [-0.4, -0.2) is 52.7 Å². The summed E-state index contributed by atoms with van der Waals surface area (Å²) in [6, 6.07) is 0. The molecule has 0 aromatic carbocycles. The van der Waals surface area contributed by atoms with E-state index in [9.17, 15) is 4.79 Å². The van der Waals surface area contributed by atoms with Gasteiger partial charge >= 0.3 is 5.97 Å². The number of carbonyl (C=O) groups excluding carboxylic acids is 1. The first-order valence-corrected chi connectivity index (χ1v) is 7.53. The van der Waals surface area contributed by atoms with E-state index in [-0.39, 0.29) is 11.9 Å². The van der Waals surface area contributed by atoms with Gasteiger partial charge in [0.05, 0.1) is 12.5 Å². The SMILES string of the molecule is CCC(C)C(=O)OCCCOCCCOCCCOC. The van der Waals surface area contributed by atoms with Crippen LogP contribution in [0.25, 0.3) is 0 Å². The van der Waals surface area contributed by atoms with E-state index in [1.807, 2.05) is 13.8 Å². The quantitative estimate of drug-likeness (QED) is 0.363. The van der Waals surface area contributed by atoms with Crippen LogP contribution in [0.4, 0.5) is 0 Å². The van der Waals surface area contributed by atoms with Gasteiger partial charge in [-0.15, -0.1) is 0 Å². The fourth-order valence-corrected chi connectivity index (χ4v) is 1.42. The van der Waals surface area contributed by atoms with Crippen molar-refractivity contribution in [2.45, 2.75) is 39.5 Å². The molecule has 5 heteroatoms. The molecule has 0 aromatic heterocycles. The number of rotatable bonds is 14. The second-order valence-electron chi connectivity index (χ2n) is 4.75. The molecule has 0 heterocycles. The first kappa shape index (κ1) is 19.4. The number of methoxy groups -OCH3 is 1. The Kier molecular flexibility index (Phi) is 14.3. The monoisotopic (exact) mass is 290 g/mol. The zero-order valence-corrected chi connectivity index (χ0v) is 13.2. The average Bonchev–Trinajstić information content (AvgIpc) is 2.47. The molecule has 0 saturated heterocycles. The molecule has 120 valence electrons. The molecular formula is C15H30O5. The van der Waals surface area contributed by atoms with Crippen LogP contribution in [0.15, 0.2) is 0 Å². The highest BCUT2D eigenvalue weighted by Crippen LogP contribution is 2.03. The topological polar surface area (TPSA) is 54.0 Å². The first-order valence-electron chi connectivity index (χ1n) is 7.53. The minimum Gasteiger partial charge on any atom is -0.465 e. The van der Waals surface area contributed by atoms with Crippen LogP contribution in [-0.2, 0) is 23.7 Å². The maximum atomic E-state index is 11.4. The molecule has 0 fully saturated rings. The summed E-state index contributed by atoms with van der Waals surface area (Å²) < 4.78 is 20.9. The fraction of sp³-hybridized carbons (Fsp3) is 0.933. The van der Waals surface area contributed by atoms with Crippen LogP contribution in [0.1, 0.15) is 39.5 Å². The van der Waals surface area contributed by atoms with E-state index in [2.05, 4.69) is 0 Å². The van der Waals surface area contributed by atoms with E-state index in [0.29, 0.717) is 26.4 Å². The molecule has 1 unspecified atom stereocenters. The van der Waals surface area contributed by atoms with E-state index in [0.717, 1.165) is 38.9 Å². The van der Waals surface area contributed by atoms with Gasteiger partial charge < -0.3 is 18.9 Å². The highest BCUT2D eigenvalue weighted by Gasteiger charge is 2.10. The van der Waals surface area contributed by atoms with E-state index < -0.39 is 0 Å². The molecule has 1 atom stereocenters. The summed E-state index contributed by atoms with van der Waals surface area (Å²) in [6.07, 6.45) is 3.38. The van der Waals surface area contributed by atoms with Crippen LogP contribution in [0, 0.1) is 5.92 Å². The van der Waals surface area contributed by atoms with E-state index >= 15 is 0 Å². The Hall–Kier alpha value is -0.650. The Morgan fingerprint density at radius 3 is 1.90 bits per heavy atom. The number of hydrogen-bond acceptors (Lipinski definition) is 5. The molecule has 0 aliphatic carbocycles. The Balaban J connectivity index is 3.11. The summed E-state index contributed by atoms with van der Waals surface area (Å²) in [5.41, 5.74) is 0. The van der Waals surface area contributed by atoms with Crippen molar-refractivity contribution in [1.29, 1.82) is 0 Å². The maximum absolute atomic E-state index is 11.4. The predicted octanol–water partition coefficient (Wildman–Crippen LogP) is 2.43. The number of ether oxygens (including phenoxy) is 4. The van der Waals surface area contributed by atoms with Gasteiger partial charge in [0, 0.05) is 46.6 Å². The van der Waals surface area contributed by atoms with Gasteiger partial charge in [0.1, 0.15) is 0 Å². The molecule has 0 aliphatic rings. The molecular weight excluding hydrogens is 260 g/mol. The molecule has 5 nitrogen and oxygen atoms in total. The van der Waals surface area contributed by atoms with Crippen LogP contribution in [0.3, 0.4) is 0 Å². The summed E-state index contributed by atoms with van der Waals surface area (Å²) in [5.74, 6) is -0.122. The molecule has 0 amide bonds. The van der Waals surface area contributed by atoms with Crippen LogP contribution in [0.5, 0.6) is 0 Å². The lowest BCUT2D eigenvalue weighted by atomic mass is 10.1. The van der Waals surface area contributed by atoms with Gasteiger partial charge in [-0.2, -0.15) is 0 Å². The molecule has 0 radical (unpaired) electrons. The van der Waals surface area contributed by atoms with Crippen LogP contribution >= 0.6 is 0 Å². The standard InChI is InChI=1S/C15H30O5/c1-4-14(2)15(16)20-13-7-12-19-11-6-10-18-9-5-8-17-3/h14H,4-13H2,1-3H3. The van der Waals surface area contributed by atoms with Crippen molar-refractivity contribution < 1.29 is 23.7 Å². The summed E-state index contributed by atoms with van der Waals surface area (Å²) in [4.78, 5) is 11.4. The van der Waals surface area contributed by atoms with E-state index in [1.165, 1.54) is 0 Å². The predicted molar refractivity (Wildman–Crippen MR) is 77.8 cm³/mol. The lowest BCUT2D eigenvalue weighted by Crippen LogP contribution is -2.15. The lowest BCUT2D eigenvalue weighted by molar-refractivity contribution is -0.148. The van der Waals surface area contributed by atoms with Crippen molar-refractivity contribution in [2.75, 3.05) is 46.8 Å². The zero-order chi connectivity index (χ0) is 15.1. The largest absolute Gasteiger partial charge is 0.465 e. The lowest BCUT2D eigenvalue weighted by Gasteiger charge is -2.09. The van der Waals surface area contributed by atoms with Crippen molar-refractivity contribution in [3.05, 3.63) is 0 Å². The Morgan fingerprint density at radius 1 is 0.900 bits per heavy atom. The number of esters is 1. The van der Waals surface area contributed by atoms with Gasteiger partial charge in [0.15, 0.2) is 0 Å². The summed E-state index contributed by atoms with van der Waals surface area (Å²) in [5, 5.41) is 0. The van der Waals surface area contributed by atoms with E-state index in [1.54, 1.807) is 7.11 Å². The van der Waals surface area contributed by atoms with Crippen LogP contribution in [0.2, 0.25) is 0 Å². The van der Waals surface area contributed by atoms with Gasteiger partial charge in [-0.1, -0.05) is 13.8 Å². The molecule has 0 rings (SSSR count). The zero-order valence-electron chi connectivity index (χ0n) is 13.2. The van der Waals surface area contributed by atoms with E-state index in [4.69, 9.17) is 18.9 Å². The third-order valence-electron chi connectivity index (χ3n) is 2.91. The average molecular weight is 290 g/mol. The van der Waals surface area contributed by atoms with Crippen molar-refractivity contribution >= 4 is 5.97 Å². The molecule has 0 aromatic rings. The Bertz CT molecular complexity index is 220. The summed E-state index contributed by atoms with van der Waals surface area (Å²) in [7, 11) is 1.69. The molecule has 0 saturated carbocycles. The van der Waals surface area contributed by atoms with Gasteiger partial charge in [-0.3, -0.25) is 4.79 Å². The third kappa shape index (κ3) is 12.4. The van der Waals surface area contributed by atoms with Crippen molar-refractivity contribution in [3.63, 3.8) is 0 Å². The number of carbonyl (C=O) groups is 1. The van der Waals surface area contributed by atoms with Crippen molar-refractivity contribution in [2.24, 2.45) is 5.92 Å². The molecule has 0 N–H and O–H groups in total. The van der Waals surface area contributed by atoms with Crippen molar-refractivity contribution in [1.82, 2.24) is 0 Å². The highest BCUT2D eigenvalue weighted by atomic mass is 16.5. The highest BCUT2D eigenvalue weighted by molar-refractivity contribution is 5.71. The van der Waals surface area contributed by atoms with Crippen molar-refractivity contribution in [3.8, 4) is 0 Å². The molecule has 20 heavy (non-hydrogen) atoms. The number of hydrogen-bond donors (Lipinski definition) is 0. The van der Waals surface area contributed by atoms with Gasteiger partial charge in [-0.25, -0.2) is 0 Å². The minimum absolute atomic E-state index is 0.00817. The fourth-order valence-electron chi connectivity index (χ4n) is 1.42. The van der Waals surface area contributed by atoms with Gasteiger partial charge in [0.25, 0.3) is 0 Å². The second-order valence-corrected chi connectivity index (χ2v) is 4.75. The normalized spacial score (nSPS) is 12.3. The van der Waals surface area contributed by atoms with Crippen LogP contribution < -0.4 is 0 Å². The smallest absolute Gasteiger partial charge is 0.308 e. The molecule has 0 spiro atoms. The second kappa shape index (κ2) is 14.8.